The Hall–Kier alpha value is -2.57. The minimum absolute atomic E-state index is 0.561. The molecule has 0 atom stereocenters. The van der Waals surface area contributed by atoms with E-state index in [4.69, 9.17) is 21.1 Å². The van der Waals surface area contributed by atoms with Crippen molar-refractivity contribution in [2.45, 2.75) is 6.92 Å². The highest BCUT2D eigenvalue weighted by Crippen LogP contribution is 2.27. The number of methoxy groups -OCH3 is 1. The minimum Gasteiger partial charge on any atom is -0.497 e. The van der Waals surface area contributed by atoms with Gasteiger partial charge in [0, 0.05) is 10.9 Å². The fraction of sp³-hybridized carbons (Fsp3) is 0.158. The molecule has 1 heterocycles. The van der Waals surface area contributed by atoms with Crippen molar-refractivity contribution < 1.29 is 9.47 Å². The molecule has 2 aromatic carbocycles. The van der Waals surface area contributed by atoms with Gasteiger partial charge in [-0.2, -0.15) is 5.10 Å². The van der Waals surface area contributed by atoms with Gasteiger partial charge < -0.3 is 9.47 Å². The number of ether oxygens (including phenoxy) is 2. The van der Waals surface area contributed by atoms with E-state index in [1.807, 2.05) is 48.7 Å². The third kappa shape index (κ3) is 4.53. The Bertz CT molecular complexity index is 911. The molecule has 0 radical (unpaired) electrons. The number of halogens is 1. The molecule has 0 saturated carbocycles. The molecule has 1 aromatic heterocycles. The number of hydrazone groups is 1. The van der Waals surface area contributed by atoms with Crippen LogP contribution < -0.4 is 14.9 Å². The summed E-state index contributed by atoms with van der Waals surface area (Å²) in [4.78, 5) is 4.54. The van der Waals surface area contributed by atoms with Crippen LogP contribution >= 0.6 is 22.9 Å². The summed E-state index contributed by atoms with van der Waals surface area (Å²) >= 11 is 7.65. The lowest BCUT2D eigenvalue weighted by atomic mass is 10.2. The van der Waals surface area contributed by atoms with E-state index in [2.05, 4.69) is 15.5 Å². The summed E-state index contributed by atoms with van der Waals surface area (Å²) in [6, 6.07) is 13.3. The predicted molar refractivity (Wildman–Crippen MR) is 108 cm³/mol. The van der Waals surface area contributed by atoms with Crippen molar-refractivity contribution in [2.75, 3.05) is 19.1 Å². The Labute approximate surface area is 161 Å². The third-order valence-corrected chi connectivity index (χ3v) is 4.54. The van der Waals surface area contributed by atoms with Crippen LogP contribution in [0.25, 0.3) is 11.3 Å². The second kappa shape index (κ2) is 8.69. The van der Waals surface area contributed by atoms with Crippen LogP contribution in [0.3, 0.4) is 0 Å². The molecule has 0 amide bonds. The molecule has 0 aliphatic rings. The average Bonchev–Trinajstić information content (AvgIpc) is 3.13. The van der Waals surface area contributed by atoms with Crippen LogP contribution in [0.15, 0.2) is 52.9 Å². The Morgan fingerprint density at radius 1 is 1.27 bits per heavy atom. The van der Waals surface area contributed by atoms with Crippen LogP contribution in [0.5, 0.6) is 11.5 Å². The molecule has 26 heavy (non-hydrogen) atoms. The largest absolute Gasteiger partial charge is 0.497 e. The number of benzene rings is 2. The van der Waals surface area contributed by atoms with E-state index in [0.29, 0.717) is 22.5 Å². The highest BCUT2D eigenvalue weighted by Gasteiger charge is 2.05. The van der Waals surface area contributed by atoms with Crippen molar-refractivity contribution in [2.24, 2.45) is 5.10 Å². The Morgan fingerprint density at radius 3 is 2.92 bits per heavy atom. The standard InChI is InChI=1S/C19H18ClN3O2S/c1-3-25-18-8-7-13(9-16(18)20)11-21-23-19-22-17(12-26-19)14-5-4-6-15(10-14)24-2/h4-12H,3H2,1-2H3,(H,22,23)/b21-11-. The molecule has 0 unspecified atom stereocenters. The fourth-order valence-electron chi connectivity index (χ4n) is 2.27. The summed E-state index contributed by atoms with van der Waals surface area (Å²) < 4.78 is 10.7. The number of hydrogen-bond donors (Lipinski definition) is 1. The number of nitrogens with one attached hydrogen (secondary N) is 1. The van der Waals surface area contributed by atoms with Gasteiger partial charge in [0.05, 0.1) is 30.6 Å². The molecule has 3 rings (SSSR count). The summed E-state index contributed by atoms with van der Waals surface area (Å²) in [6.07, 6.45) is 1.69. The Morgan fingerprint density at radius 2 is 2.15 bits per heavy atom. The van der Waals surface area contributed by atoms with E-state index >= 15 is 0 Å². The first-order chi connectivity index (χ1) is 12.7. The van der Waals surface area contributed by atoms with Crippen LogP contribution in [-0.2, 0) is 0 Å². The van der Waals surface area contributed by atoms with Gasteiger partial charge in [-0.1, -0.05) is 23.7 Å². The second-order valence-electron chi connectivity index (χ2n) is 5.26. The topological polar surface area (TPSA) is 55.7 Å². The molecule has 1 N–H and O–H groups in total. The number of anilines is 1. The number of rotatable bonds is 7. The second-order valence-corrected chi connectivity index (χ2v) is 6.53. The summed E-state index contributed by atoms with van der Waals surface area (Å²) in [6.45, 7) is 2.50. The van der Waals surface area contributed by atoms with Crippen molar-refractivity contribution >= 4 is 34.3 Å². The molecule has 0 bridgehead atoms. The highest BCUT2D eigenvalue weighted by molar-refractivity contribution is 7.14. The maximum Gasteiger partial charge on any atom is 0.203 e. The Balaban J connectivity index is 1.66. The summed E-state index contributed by atoms with van der Waals surface area (Å²) in [5, 5.41) is 7.46. The normalized spacial score (nSPS) is 10.9. The van der Waals surface area contributed by atoms with Gasteiger partial charge in [0.2, 0.25) is 5.13 Å². The molecule has 7 heteroatoms. The van der Waals surface area contributed by atoms with Crippen molar-refractivity contribution in [3.63, 3.8) is 0 Å². The van der Waals surface area contributed by atoms with Crippen molar-refractivity contribution in [1.29, 1.82) is 0 Å². The monoisotopic (exact) mass is 387 g/mol. The van der Waals surface area contributed by atoms with Gasteiger partial charge in [-0.15, -0.1) is 11.3 Å². The zero-order valence-electron chi connectivity index (χ0n) is 14.4. The lowest BCUT2D eigenvalue weighted by Crippen LogP contribution is -1.94. The predicted octanol–water partition coefficient (Wildman–Crippen LogP) is 5.32. The first-order valence-corrected chi connectivity index (χ1v) is 9.26. The van der Waals surface area contributed by atoms with Gasteiger partial charge in [-0.25, -0.2) is 4.98 Å². The van der Waals surface area contributed by atoms with E-state index in [1.165, 1.54) is 11.3 Å². The Kier molecular flexibility index (Phi) is 6.09. The summed E-state index contributed by atoms with van der Waals surface area (Å²) in [7, 11) is 1.65. The van der Waals surface area contributed by atoms with Crippen LogP contribution in [0.2, 0.25) is 5.02 Å². The summed E-state index contributed by atoms with van der Waals surface area (Å²) in [5.41, 5.74) is 5.68. The molecule has 0 saturated heterocycles. The zero-order valence-corrected chi connectivity index (χ0v) is 16.0. The number of aromatic nitrogens is 1. The van der Waals surface area contributed by atoms with Crippen LogP contribution in [0, 0.1) is 0 Å². The molecule has 134 valence electrons. The van der Waals surface area contributed by atoms with Gasteiger partial charge in [0.25, 0.3) is 0 Å². The maximum absolute atomic E-state index is 6.17. The lowest BCUT2D eigenvalue weighted by Gasteiger charge is -2.05. The van der Waals surface area contributed by atoms with Gasteiger partial charge in [0.1, 0.15) is 11.5 Å². The van der Waals surface area contributed by atoms with Gasteiger partial charge >= 0.3 is 0 Å². The molecule has 0 aliphatic heterocycles. The lowest BCUT2D eigenvalue weighted by molar-refractivity contribution is 0.340. The highest BCUT2D eigenvalue weighted by atomic mass is 35.5. The molecular formula is C19H18ClN3O2S. The van der Waals surface area contributed by atoms with Crippen molar-refractivity contribution in [3.8, 4) is 22.8 Å². The van der Waals surface area contributed by atoms with Gasteiger partial charge in [-0.3, -0.25) is 5.43 Å². The minimum atomic E-state index is 0.561. The van der Waals surface area contributed by atoms with E-state index < -0.39 is 0 Å². The van der Waals surface area contributed by atoms with Crippen LogP contribution in [0.1, 0.15) is 12.5 Å². The van der Waals surface area contributed by atoms with Crippen LogP contribution in [-0.4, -0.2) is 24.9 Å². The molecule has 0 aliphatic carbocycles. The van der Waals surface area contributed by atoms with E-state index in [1.54, 1.807) is 19.4 Å². The third-order valence-electron chi connectivity index (χ3n) is 3.50. The fourth-order valence-corrected chi connectivity index (χ4v) is 3.18. The van der Waals surface area contributed by atoms with Crippen molar-refractivity contribution in [3.05, 3.63) is 58.4 Å². The van der Waals surface area contributed by atoms with Crippen LogP contribution in [0.4, 0.5) is 5.13 Å². The first-order valence-electron chi connectivity index (χ1n) is 8.01. The maximum atomic E-state index is 6.17. The quantitative estimate of drug-likeness (QED) is 0.440. The molecule has 0 spiro atoms. The number of hydrogen-bond acceptors (Lipinski definition) is 6. The SMILES string of the molecule is CCOc1ccc(/C=N\Nc2nc(-c3cccc(OC)c3)cs2)cc1Cl. The molecule has 3 aromatic rings. The summed E-state index contributed by atoms with van der Waals surface area (Å²) in [5.74, 6) is 1.47. The van der Waals surface area contributed by atoms with Crippen molar-refractivity contribution in [1.82, 2.24) is 4.98 Å². The molecule has 5 nitrogen and oxygen atoms in total. The zero-order chi connectivity index (χ0) is 18.4. The smallest absolute Gasteiger partial charge is 0.203 e. The number of nitrogens with zero attached hydrogens (tertiary/aromatic N) is 2. The average molecular weight is 388 g/mol. The molecule has 0 fully saturated rings. The first kappa shape index (κ1) is 18.2. The van der Waals surface area contributed by atoms with E-state index in [-0.39, 0.29) is 0 Å². The van der Waals surface area contributed by atoms with Gasteiger partial charge in [0.15, 0.2) is 0 Å². The van der Waals surface area contributed by atoms with E-state index in [9.17, 15) is 0 Å². The van der Waals surface area contributed by atoms with Gasteiger partial charge in [-0.05, 0) is 42.8 Å². The van der Waals surface area contributed by atoms with E-state index in [0.717, 1.165) is 22.6 Å². The number of thiazole rings is 1. The molecular weight excluding hydrogens is 370 g/mol.